The summed E-state index contributed by atoms with van der Waals surface area (Å²) in [5, 5.41) is 13.8. The molecule has 1 saturated carbocycles. The van der Waals surface area contributed by atoms with E-state index in [9.17, 15) is 19.7 Å². The Labute approximate surface area is 139 Å². The Morgan fingerprint density at radius 3 is 2.71 bits per heavy atom. The lowest BCUT2D eigenvalue weighted by molar-refractivity contribution is -0.385. The minimum absolute atomic E-state index is 0.0427. The quantitative estimate of drug-likeness (QED) is 0.521. The van der Waals surface area contributed by atoms with Gasteiger partial charge in [-0.05, 0) is 38.7 Å². The molecule has 0 unspecified atom stereocenters. The molecular weight excluding hydrogens is 312 g/mol. The molecule has 1 heterocycles. The first-order valence-electron chi connectivity index (χ1n) is 8.19. The largest absolute Gasteiger partial charge is 0.458 e. The zero-order valence-corrected chi connectivity index (χ0v) is 13.5. The molecule has 0 radical (unpaired) electrons. The Kier molecular flexibility index (Phi) is 4.26. The highest BCUT2D eigenvalue weighted by molar-refractivity contribution is 5.97. The number of carbonyl (C=O) groups excluding carboxylic acids is 2. The van der Waals surface area contributed by atoms with Gasteiger partial charge in [0.15, 0.2) is 0 Å². The van der Waals surface area contributed by atoms with Crippen LogP contribution in [0.4, 0.5) is 11.4 Å². The summed E-state index contributed by atoms with van der Waals surface area (Å²) in [7, 11) is 0. The number of ether oxygens (including phenoxy) is 1. The minimum atomic E-state index is -0.698. The van der Waals surface area contributed by atoms with Crippen LogP contribution in [-0.2, 0) is 14.3 Å². The van der Waals surface area contributed by atoms with Crippen molar-refractivity contribution in [3.05, 3.63) is 33.9 Å². The number of benzene rings is 1. The van der Waals surface area contributed by atoms with Gasteiger partial charge in [-0.3, -0.25) is 19.7 Å². The Hall–Kier alpha value is -2.44. The molecule has 0 bridgehead atoms. The second kappa shape index (κ2) is 6.22. The van der Waals surface area contributed by atoms with Crippen molar-refractivity contribution in [1.29, 1.82) is 0 Å². The Morgan fingerprint density at radius 2 is 2.04 bits per heavy atom. The molecule has 1 aromatic rings. The van der Waals surface area contributed by atoms with E-state index in [1.807, 2.05) is 0 Å². The van der Waals surface area contributed by atoms with E-state index in [0.29, 0.717) is 24.1 Å². The minimum Gasteiger partial charge on any atom is -0.458 e. The molecule has 7 nitrogen and oxygen atoms in total. The molecule has 0 aromatic heterocycles. The maximum Gasteiger partial charge on any atom is 0.307 e. The molecular formula is C17H20N2O5. The van der Waals surface area contributed by atoms with Crippen molar-refractivity contribution in [3.63, 3.8) is 0 Å². The van der Waals surface area contributed by atoms with Crippen LogP contribution in [0, 0.1) is 23.0 Å². The van der Waals surface area contributed by atoms with Gasteiger partial charge in [-0.15, -0.1) is 0 Å². The predicted molar refractivity (Wildman–Crippen MR) is 86.5 cm³/mol. The van der Waals surface area contributed by atoms with Gasteiger partial charge in [-0.1, -0.05) is 12.5 Å². The molecule has 1 N–H and O–H groups in total. The number of aryl methyl sites for hydroxylation is 1. The van der Waals surface area contributed by atoms with Gasteiger partial charge in [0.1, 0.15) is 5.60 Å². The summed E-state index contributed by atoms with van der Waals surface area (Å²) < 4.78 is 5.53. The van der Waals surface area contributed by atoms with Crippen molar-refractivity contribution < 1.29 is 19.2 Å². The second-order valence-electron chi connectivity index (χ2n) is 6.60. The van der Waals surface area contributed by atoms with Gasteiger partial charge in [0.25, 0.3) is 5.69 Å². The van der Waals surface area contributed by atoms with Crippen LogP contribution in [0.1, 0.15) is 44.1 Å². The Morgan fingerprint density at radius 1 is 1.33 bits per heavy atom. The third-order valence-corrected chi connectivity index (χ3v) is 5.01. The SMILES string of the molecule is Cc1ccc(NC(=O)[C@H]2CC(=O)OC23CCCCC3)cc1[N+](=O)[O-]. The normalized spacial score (nSPS) is 22.2. The van der Waals surface area contributed by atoms with Crippen LogP contribution in [0.5, 0.6) is 0 Å². The fraction of sp³-hybridized carbons (Fsp3) is 0.529. The summed E-state index contributed by atoms with van der Waals surface area (Å²) in [4.78, 5) is 35.0. The molecule has 1 saturated heterocycles. The van der Waals surface area contributed by atoms with E-state index < -0.39 is 16.4 Å². The van der Waals surface area contributed by atoms with Crippen LogP contribution < -0.4 is 5.32 Å². The summed E-state index contributed by atoms with van der Waals surface area (Å²) in [5.41, 5.74) is 0.151. The average molecular weight is 332 g/mol. The number of nitro benzene ring substituents is 1. The number of nitro groups is 1. The number of amides is 1. The third-order valence-electron chi connectivity index (χ3n) is 5.01. The monoisotopic (exact) mass is 332 g/mol. The molecule has 1 atom stereocenters. The zero-order chi connectivity index (χ0) is 17.3. The number of hydrogen-bond donors (Lipinski definition) is 1. The van der Waals surface area contributed by atoms with E-state index in [1.54, 1.807) is 19.1 Å². The lowest BCUT2D eigenvalue weighted by atomic mass is 9.75. The van der Waals surface area contributed by atoms with Crippen LogP contribution in [0.2, 0.25) is 0 Å². The highest BCUT2D eigenvalue weighted by atomic mass is 16.6. The topological polar surface area (TPSA) is 98.5 Å². The smallest absolute Gasteiger partial charge is 0.307 e. The first kappa shape index (κ1) is 16.4. The number of hydrogen-bond acceptors (Lipinski definition) is 5. The summed E-state index contributed by atoms with van der Waals surface area (Å²) in [5.74, 6) is -1.18. The van der Waals surface area contributed by atoms with Crippen LogP contribution in [0.3, 0.4) is 0 Å². The molecule has 3 rings (SSSR count). The summed E-state index contributed by atoms with van der Waals surface area (Å²) >= 11 is 0. The molecule has 1 amide bonds. The first-order chi connectivity index (χ1) is 11.4. The molecule has 1 aliphatic heterocycles. The highest BCUT2D eigenvalue weighted by Crippen LogP contribution is 2.44. The van der Waals surface area contributed by atoms with E-state index in [-0.39, 0.29) is 24.0 Å². The zero-order valence-electron chi connectivity index (χ0n) is 13.5. The van der Waals surface area contributed by atoms with Gasteiger partial charge >= 0.3 is 5.97 Å². The molecule has 1 aliphatic carbocycles. The Balaban J connectivity index is 1.80. The fourth-order valence-electron chi connectivity index (χ4n) is 3.74. The van der Waals surface area contributed by atoms with E-state index in [2.05, 4.69) is 5.32 Å². The standard InChI is InChI=1S/C17H20N2O5/c1-11-5-6-12(9-14(11)19(22)23)18-16(21)13-10-15(20)24-17(13)7-3-2-4-8-17/h5-6,9,13H,2-4,7-8,10H2,1H3,(H,18,21)/t13-/m1/s1. The fourth-order valence-corrected chi connectivity index (χ4v) is 3.74. The van der Waals surface area contributed by atoms with Crippen molar-refractivity contribution in [2.24, 2.45) is 5.92 Å². The highest BCUT2D eigenvalue weighted by Gasteiger charge is 2.52. The molecule has 2 fully saturated rings. The molecule has 1 spiro atoms. The van der Waals surface area contributed by atoms with Crippen molar-refractivity contribution in [3.8, 4) is 0 Å². The molecule has 7 heteroatoms. The van der Waals surface area contributed by atoms with Crippen LogP contribution in [0.15, 0.2) is 18.2 Å². The summed E-state index contributed by atoms with van der Waals surface area (Å²) in [6, 6.07) is 4.57. The van der Waals surface area contributed by atoms with Gasteiger partial charge in [-0.2, -0.15) is 0 Å². The molecule has 24 heavy (non-hydrogen) atoms. The number of esters is 1. The third kappa shape index (κ3) is 2.98. The van der Waals surface area contributed by atoms with E-state index in [1.165, 1.54) is 6.07 Å². The van der Waals surface area contributed by atoms with Crippen molar-refractivity contribution in [2.75, 3.05) is 5.32 Å². The number of carbonyl (C=O) groups is 2. The van der Waals surface area contributed by atoms with Gasteiger partial charge in [0.05, 0.1) is 17.3 Å². The van der Waals surface area contributed by atoms with E-state index >= 15 is 0 Å². The van der Waals surface area contributed by atoms with Crippen LogP contribution in [0.25, 0.3) is 0 Å². The maximum absolute atomic E-state index is 12.7. The van der Waals surface area contributed by atoms with E-state index in [4.69, 9.17) is 4.74 Å². The van der Waals surface area contributed by atoms with Crippen LogP contribution >= 0.6 is 0 Å². The van der Waals surface area contributed by atoms with Gasteiger partial charge in [0, 0.05) is 17.3 Å². The average Bonchev–Trinajstić information content (AvgIpc) is 2.85. The summed E-state index contributed by atoms with van der Waals surface area (Å²) in [6.45, 7) is 1.64. The lowest BCUT2D eigenvalue weighted by Crippen LogP contribution is -2.43. The van der Waals surface area contributed by atoms with Crippen molar-refractivity contribution in [1.82, 2.24) is 0 Å². The summed E-state index contributed by atoms with van der Waals surface area (Å²) in [6.07, 6.45) is 4.42. The number of rotatable bonds is 3. The predicted octanol–water partition coefficient (Wildman–Crippen LogP) is 3.11. The molecule has 2 aliphatic rings. The van der Waals surface area contributed by atoms with E-state index in [0.717, 1.165) is 19.3 Å². The maximum atomic E-state index is 12.7. The van der Waals surface area contributed by atoms with Gasteiger partial charge in [-0.25, -0.2) is 0 Å². The number of nitrogens with one attached hydrogen (secondary N) is 1. The molecule has 1 aromatic carbocycles. The number of anilines is 1. The van der Waals surface area contributed by atoms with Crippen LogP contribution in [-0.4, -0.2) is 22.4 Å². The van der Waals surface area contributed by atoms with Crippen molar-refractivity contribution in [2.45, 2.75) is 51.0 Å². The first-order valence-corrected chi connectivity index (χ1v) is 8.19. The number of nitrogens with zero attached hydrogens (tertiary/aromatic N) is 1. The van der Waals surface area contributed by atoms with Gasteiger partial charge < -0.3 is 10.1 Å². The van der Waals surface area contributed by atoms with Gasteiger partial charge in [0.2, 0.25) is 5.91 Å². The lowest BCUT2D eigenvalue weighted by Gasteiger charge is -2.36. The Bertz CT molecular complexity index is 694. The second-order valence-corrected chi connectivity index (χ2v) is 6.60. The van der Waals surface area contributed by atoms with Crippen molar-refractivity contribution >= 4 is 23.3 Å². The molecule has 128 valence electrons.